The van der Waals surface area contributed by atoms with Gasteiger partial charge in [0.05, 0.1) is 13.2 Å². The number of carbonyl (C=O) groups excluding carboxylic acids is 1. The molecule has 1 aliphatic rings. The molecule has 0 bridgehead atoms. The summed E-state index contributed by atoms with van der Waals surface area (Å²) >= 11 is 0. The van der Waals surface area contributed by atoms with E-state index in [1.165, 1.54) is 0 Å². The van der Waals surface area contributed by atoms with Crippen LogP contribution in [0.3, 0.4) is 0 Å². The molecular weight excluding hydrogens is 214 g/mol. The van der Waals surface area contributed by atoms with E-state index in [2.05, 4.69) is 25.1 Å². The van der Waals surface area contributed by atoms with E-state index in [0.717, 1.165) is 19.3 Å². The maximum absolute atomic E-state index is 12.1. The fourth-order valence-electron chi connectivity index (χ4n) is 2.52. The number of esters is 1. The van der Waals surface area contributed by atoms with Gasteiger partial charge in [0.15, 0.2) is 0 Å². The monoisotopic (exact) mass is 237 g/mol. The van der Waals surface area contributed by atoms with Crippen molar-refractivity contribution >= 4 is 5.97 Å². The first-order chi connectivity index (χ1) is 8.05. The largest absolute Gasteiger partial charge is 0.465 e. The van der Waals surface area contributed by atoms with E-state index in [1.807, 2.05) is 6.92 Å². The number of nitrogens with one attached hydrogen (secondary N) is 1. The highest BCUT2D eigenvalue weighted by molar-refractivity contribution is 5.81. The van der Waals surface area contributed by atoms with Gasteiger partial charge >= 0.3 is 5.97 Å². The Morgan fingerprint density at radius 3 is 2.76 bits per heavy atom. The van der Waals surface area contributed by atoms with Gasteiger partial charge in [0.25, 0.3) is 0 Å². The van der Waals surface area contributed by atoms with Gasteiger partial charge in [0.1, 0.15) is 5.54 Å². The minimum atomic E-state index is -0.561. The number of rotatable bonds is 4. The SMILES string of the molecule is C#CCNC1(C(=O)OCC)CCC(C)C(C)C1. The number of terminal acetylenes is 1. The molecule has 0 aliphatic heterocycles. The predicted octanol–water partition coefficient (Wildman–Crippen LogP) is 1.97. The summed E-state index contributed by atoms with van der Waals surface area (Å²) in [7, 11) is 0. The van der Waals surface area contributed by atoms with Crippen LogP contribution in [0.25, 0.3) is 0 Å². The van der Waals surface area contributed by atoms with Crippen LogP contribution in [0.2, 0.25) is 0 Å². The van der Waals surface area contributed by atoms with Crippen LogP contribution in [0.4, 0.5) is 0 Å². The van der Waals surface area contributed by atoms with Crippen molar-refractivity contribution in [1.82, 2.24) is 5.32 Å². The van der Waals surface area contributed by atoms with E-state index in [9.17, 15) is 4.79 Å². The van der Waals surface area contributed by atoms with Crippen LogP contribution < -0.4 is 5.32 Å². The van der Waals surface area contributed by atoms with Gasteiger partial charge in [0, 0.05) is 0 Å². The first-order valence-electron chi connectivity index (χ1n) is 6.41. The van der Waals surface area contributed by atoms with E-state index >= 15 is 0 Å². The predicted molar refractivity (Wildman–Crippen MR) is 68.4 cm³/mol. The van der Waals surface area contributed by atoms with Crippen LogP contribution in [0, 0.1) is 24.2 Å². The molecule has 1 N–H and O–H groups in total. The van der Waals surface area contributed by atoms with E-state index in [4.69, 9.17) is 11.2 Å². The average Bonchev–Trinajstić information content (AvgIpc) is 2.31. The molecule has 0 aromatic heterocycles. The van der Waals surface area contributed by atoms with Crippen LogP contribution in [0.5, 0.6) is 0 Å². The molecule has 3 atom stereocenters. The Labute approximate surface area is 104 Å². The first-order valence-corrected chi connectivity index (χ1v) is 6.41. The molecule has 1 fully saturated rings. The summed E-state index contributed by atoms with van der Waals surface area (Å²) in [5.41, 5.74) is -0.561. The molecule has 3 unspecified atom stereocenters. The summed E-state index contributed by atoms with van der Waals surface area (Å²) in [5, 5.41) is 3.21. The van der Waals surface area contributed by atoms with Gasteiger partial charge in [-0.15, -0.1) is 6.42 Å². The third-order valence-corrected chi connectivity index (χ3v) is 3.86. The minimum absolute atomic E-state index is 0.144. The molecule has 0 radical (unpaired) electrons. The first kappa shape index (κ1) is 14.1. The van der Waals surface area contributed by atoms with Crippen LogP contribution in [-0.2, 0) is 9.53 Å². The molecule has 0 amide bonds. The topological polar surface area (TPSA) is 38.3 Å². The maximum Gasteiger partial charge on any atom is 0.326 e. The third-order valence-electron chi connectivity index (χ3n) is 3.86. The quantitative estimate of drug-likeness (QED) is 0.600. The number of ether oxygens (including phenoxy) is 1. The molecule has 1 saturated carbocycles. The van der Waals surface area contributed by atoms with Crippen molar-refractivity contribution in [3.63, 3.8) is 0 Å². The fourth-order valence-corrected chi connectivity index (χ4v) is 2.52. The van der Waals surface area contributed by atoms with Crippen molar-refractivity contribution < 1.29 is 9.53 Å². The summed E-state index contributed by atoms with van der Waals surface area (Å²) in [6.07, 6.45) is 7.95. The summed E-state index contributed by atoms with van der Waals surface area (Å²) in [4.78, 5) is 12.1. The molecule has 1 rings (SSSR count). The molecule has 1 aliphatic carbocycles. The Bertz CT molecular complexity index is 308. The normalized spacial score (nSPS) is 32.8. The molecule has 3 nitrogen and oxygen atoms in total. The van der Waals surface area contributed by atoms with Crippen LogP contribution >= 0.6 is 0 Å². The second-order valence-corrected chi connectivity index (χ2v) is 5.06. The summed E-state index contributed by atoms with van der Waals surface area (Å²) < 4.78 is 5.20. The van der Waals surface area contributed by atoms with Gasteiger partial charge in [-0.3, -0.25) is 10.1 Å². The van der Waals surface area contributed by atoms with Crippen molar-refractivity contribution in [2.45, 2.75) is 45.6 Å². The highest BCUT2D eigenvalue weighted by Gasteiger charge is 2.44. The number of hydrogen-bond acceptors (Lipinski definition) is 3. The molecule has 3 heteroatoms. The molecule has 0 aromatic rings. The van der Waals surface area contributed by atoms with Gasteiger partial charge < -0.3 is 4.74 Å². The Hall–Kier alpha value is -1.01. The second kappa shape index (κ2) is 6.07. The lowest BCUT2D eigenvalue weighted by Gasteiger charge is -2.41. The van der Waals surface area contributed by atoms with Gasteiger partial charge in [0.2, 0.25) is 0 Å². The molecular formula is C14H23NO2. The summed E-state index contributed by atoms with van der Waals surface area (Å²) in [6, 6.07) is 0. The molecule has 96 valence electrons. The van der Waals surface area contributed by atoms with Gasteiger partial charge in [-0.2, -0.15) is 0 Å². The zero-order valence-corrected chi connectivity index (χ0v) is 11.1. The minimum Gasteiger partial charge on any atom is -0.465 e. The van der Waals surface area contributed by atoms with Crippen molar-refractivity contribution in [2.75, 3.05) is 13.2 Å². The van der Waals surface area contributed by atoms with E-state index in [-0.39, 0.29) is 5.97 Å². The number of carbonyl (C=O) groups is 1. The highest BCUT2D eigenvalue weighted by Crippen LogP contribution is 2.36. The van der Waals surface area contributed by atoms with E-state index < -0.39 is 5.54 Å². The molecule has 0 heterocycles. The Morgan fingerprint density at radius 2 is 2.24 bits per heavy atom. The van der Waals surface area contributed by atoms with Gasteiger partial charge in [-0.05, 0) is 38.0 Å². The number of hydrogen-bond donors (Lipinski definition) is 1. The van der Waals surface area contributed by atoms with Crippen LogP contribution in [-0.4, -0.2) is 24.7 Å². The lowest BCUT2D eigenvalue weighted by molar-refractivity contribution is -0.154. The van der Waals surface area contributed by atoms with E-state index in [0.29, 0.717) is 25.0 Å². The van der Waals surface area contributed by atoms with Crippen LogP contribution in [0.1, 0.15) is 40.0 Å². The Morgan fingerprint density at radius 1 is 1.53 bits per heavy atom. The highest BCUT2D eigenvalue weighted by atomic mass is 16.5. The van der Waals surface area contributed by atoms with Crippen molar-refractivity contribution in [3.8, 4) is 12.3 Å². The van der Waals surface area contributed by atoms with Crippen LogP contribution in [0.15, 0.2) is 0 Å². The second-order valence-electron chi connectivity index (χ2n) is 5.06. The maximum atomic E-state index is 12.1. The standard InChI is InChI=1S/C14H23NO2/c1-5-9-15-14(13(16)17-6-2)8-7-11(3)12(4)10-14/h1,11-12,15H,6-10H2,2-4H3. The summed E-state index contributed by atoms with van der Waals surface area (Å²) in [6.45, 7) is 7.10. The summed E-state index contributed by atoms with van der Waals surface area (Å²) in [5.74, 6) is 3.57. The molecule has 17 heavy (non-hydrogen) atoms. The van der Waals surface area contributed by atoms with E-state index in [1.54, 1.807) is 0 Å². The average molecular weight is 237 g/mol. The lowest BCUT2D eigenvalue weighted by Crippen LogP contribution is -2.56. The van der Waals surface area contributed by atoms with Gasteiger partial charge in [-0.1, -0.05) is 19.8 Å². The molecule has 0 saturated heterocycles. The van der Waals surface area contributed by atoms with Crippen molar-refractivity contribution in [2.24, 2.45) is 11.8 Å². The van der Waals surface area contributed by atoms with Crippen molar-refractivity contribution in [1.29, 1.82) is 0 Å². The molecule has 0 aromatic carbocycles. The Balaban J connectivity index is 2.79. The lowest BCUT2D eigenvalue weighted by atomic mass is 9.71. The smallest absolute Gasteiger partial charge is 0.326 e. The van der Waals surface area contributed by atoms with Gasteiger partial charge in [-0.25, -0.2) is 0 Å². The zero-order valence-electron chi connectivity index (χ0n) is 11.1. The third kappa shape index (κ3) is 3.23. The van der Waals surface area contributed by atoms with Crippen molar-refractivity contribution in [3.05, 3.63) is 0 Å². The zero-order chi connectivity index (χ0) is 12.9. The Kier molecular flexibility index (Phi) is 5.02. The molecule has 0 spiro atoms. The fraction of sp³-hybridized carbons (Fsp3) is 0.786.